The Kier molecular flexibility index (Phi) is 15.8. The summed E-state index contributed by atoms with van der Waals surface area (Å²) >= 11 is 0. The van der Waals surface area contributed by atoms with E-state index in [1.165, 1.54) is 56.7 Å². The number of primary amides is 1. The molecule has 4 unspecified atom stereocenters. The first-order chi connectivity index (χ1) is 19.5. The standard InChI is InChI=1S/C20H32N4O4.C9H18.C4H10/c21-20(27)19-17(13-25)18(14-26)28-24(19)12-16-5-3-4-15(10-16)11-22-6-9-23-7-1-2-8-23;1-8-5-4-6-9(2,3)7-8;1-4(2)3/h3-5,10,17-19,22,25-26H,1-2,6-9,11-14H2,(H2,21,27);8H,4-7H2,1-3H3;4H,1-3H3. The molecule has 41 heavy (non-hydrogen) atoms. The van der Waals surface area contributed by atoms with Crippen LogP contribution in [-0.4, -0.2) is 77.6 Å². The van der Waals surface area contributed by atoms with Crippen LogP contribution in [0.25, 0.3) is 0 Å². The molecule has 236 valence electrons. The van der Waals surface area contributed by atoms with Crippen LogP contribution in [0.3, 0.4) is 0 Å². The van der Waals surface area contributed by atoms with Crippen molar-refractivity contribution in [2.45, 2.75) is 105 Å². The molecule has 4 atom stereocenters. The third kappa shape index (κ3) is 13.1. The Morgan fingerprint density at radius 1 is 1.12 bits per heavy atom. The minimum atomic E-state index is -0.760. The molecular formula is C33H60N4O4. The molecule has 1 saturated carbocycles. The van der Waals surface area contributed by atoms with Gasteiger partial charge in [0.1, 0.15) is 12.1 Å². The van der Waals surface area contributed by atoms with Crippen molar-refractivity contribution in [1.82, 2.24) is 15.3 Å². The number of benzene rings is 1. The number of carbonyl (C=O) groups excluding carboxylic acids is 1. The molecule has 8 nitrogen and oxygen atoms in total. The molecule has 5 N–H and O–H groups in total. The lowest BCUT2D eigenvalue weighted by molar-refractivity contribution is -0.180. The molecule has 8 heteroatoms. The molecule has 0 spiro atoms. The highest BCUT2D eigenvalue weighted by atomic mass is 16.7. The average Bonchev–Trinajstić information content (AvgIpc) is 3.53. The highest BCUT2D eigenvalue weighted by Gasteiger charge is 2.45. The van der Waals surface area contributed by atoms with Gasteiger partial charge in [-0.2, -0.15) is 5.06 Å². The SMILES string of the molecule is CC(C)C.CC1CCCC(C)(C)C1.NC(=O)C1C(CO)C(CO)ON1Cc1cccc(CNCCN2CCCC2)c1. The van der Waals surface area contributed by atoms with Crippen LogP contribution < -0.4 is 11.1 Å². The first-order valence-electron chi connectivity index (χ1n) is 15.9. The lowest BCUT2D eigenvalue weighted by Gasteiger charge is -2.33. The molecule has 2 saturated heterocycles. The highest BCUT2D eigenvalue weighted by Crippen LogP contribution is 2.38. The van der Waals surface area contributed by atoms with Crippen molar-refractivity contribution >= 4 is 5.91 Å². The summed E-state index contributed by atoms with van der Waals surface area (Å²) in [6.07, 6.45) is 7.78. The molecule has 1 aromatic carbocycles. The predicted molar refractivity (Wildman–Crippen MR) is 167 cm³/mol. The van der Waals surface area contributed by atoms with Crippen molar-refractivity contribution in [3.63, 3.8) is 0 Å². The van der Waals surface area contributed by atoms with E-state index >= 15 is 0 Å². The van der Waals surface area contributed by atoms with E-state index in [-0.39, 0.29) is 13.2 Å². The molecule has 1 aliphatic carbocycles. The number of carbonyl (C=O) groups is 1. The van der Waals surface area contributed by atoms with Gasteiger partial charge >= 0.3 is 0 Å². The molecule has 0 aromatic heterocycles. The molecular weight excluding hydrogens is 516 g/mol. The minimum absolute atomic E-state index is 0.268. The average molecular weight is 577 g/mol. The van der Waals surface area contributed by atoms with Crippen LogP contribution >= 0.6 is 0 Å². The molecule has 4 rings (SSSR count). The normalized spacial score (nSPS) is 26.3. The monoisotopic (exact) mass is 576 g/mol. The lowest BCUT2D eigenvalue weighted by atomic mass is 9.73. The Bertz CT molecular complexity index is 872. The van der Waals surface area contributed by atoms with E-state index < -0.39 is 24.0 Å². The fourth-order valence-electron chi connectivity index (χ4n) is 6.18. The quantitative estimate of drug-likeness (QED) is 0.307. The summed E-state index contributed by atoms with van der Waals surface area (Å²) in [6.45, 7) is 18.7. The van der Waals surface area contributed by atoms with Crippen molar-refractivity contribution in [1.29, 1.82) is 0 Å². The maximum absolute atomic E-state index is 11.9. The van der Waals surface area contributed by atoms with Crippen molar-refractivity contribution in [3.05, 3.63) is 35.4 Å². The molecule has 2 aliphatic heterocycles. The first-order valence-corrected chi connectivity index (χ1v) is 15.9. The van der Waals surface area contributed by atoms with Crippen molar-refractivity contribution in [2.24, 2.45) is 28.9 Å². The van der Waals surface area contributed by atoms with E-state index in [1.54, 1.807) is 0 Å². The van der Waals surface area contributed by atoms with Crippen LogP contribution in [0.5, 0.6) is 0 Å². The van der Waals surface area contributed by atoms with Crippen molar-refractivity contribution in [3.8, 4) is 0 Å². The maximum Gasteiger partial charge on any atom is 0.237 e. The minimum Gasteiger partial charge on any atom is -0.396 e. The Morgan fingerprint density at radius 3 is 2.32 bits per heavy atom. The van der Waals surface area contributed by atoms with Gasteiger partial charge in [0.25, 0.3) is 0 Å². The number of hydrogen-bond donors (Lipinski definition) is 4. The number of aliphatic hydroxyl groups excluding tert-OH is 2. The summed E-state index contributed by atoms with van der Waals surface area (Å²) in [6, 6.07) is 7.33. The Hall–Kier alpha value is -1.55. The number of nitrogens with zero attached hydrogens (tertiary/aromatic N) is 2. The largest absolute Gasteiger partial charge is 0.396 e. The maximum atomic E-state index is 11.9. The molecule has 0 radical (unpaired) electrons. The number of likely N-dealkylation sites (tertiary alicyclic amines) is 1. The van der Waals surface area contributed by atoms with Crippen LogP contribution in [-0.2, 0) is 22.7 Å². The topological polar surface area (TPSA) is 111 Å². The number of nitrogens with two attached hydrogens (primary N) is 1. The summed E-state index contributed by atoms with van der Waals surface area (Å²) in [5, 5.41) is 24.0. The Balaban J connectivity index is 0.000000374. The van der Waals surface area contributed by atoms with Gasteiger partial charge in [0.05, 0.1) is 19.8 Å². The summed E-state index contributed by atoms with van der Waals surface area (Å²) < 4.78 is 0. The molecule has 2 heterocycles. The number of hydrogen-bond acceptors (Lipinski definition) is 7. The fourth-order valence-corrected chi connectivity index (χ4v) is 6.18. The summed E-state index contributed by atoms with van der Waals surface area (Å²) in [5.74, 6) is 0.724. The van der Waals surface area contributed by atoms with Gasteiger partial charge in [-0.1, -0.05) is 78.6 Å². The second-order valence-electron chi connectivity index (χ2n) is 13.7. The number of nitrogens with one attached hydrogen (secondary N) is 1. The van der Waals surface area contributed by atoms with Gasteiger partial charge < -0.3 is 26.2 Å². The highest BCUT2D eigenvalue weighted by molar-refractivity contribution is 5.80. The summed E-state index contributed by atoms with van der Waals surface area (Å²) in [5.41, 5.74) is 8.32. The zero-order valence-corrected chi connectivity index (χ0v) is 26.8. The van der Waals surface area contributed by atoms with E-state index in [1.807, 2.05) is 12.1 Å². The molecule has 3 aliphatic rings. The molecule has 0 bridgehead atoms. The zero-order chi connectivity index (χ0) is 30.4. The van der Waals surface area contributed by atoms with Gasteiger partial charge in [-0.15, -0.1) is 0 Å². The third-order valence-corrected chi connectivity index (χ3v) is 8.06. The van der Waals surface area contributed by atoms with Crippen LogP contribution in [0.2, 0.25) is 0 Å². The second kappa shape index (κ2) is 18.2. The van der Waals surface area contributed by atoms with Gasteiger partial charge in [0.2, 0.25) is 5.91 Å². The molecule has 1 amide bonds. The van der Waals surface area contributed by atoms with Gasteiger partial charge in [-0.3, -0.25) is 9.63 Å². The van der Waals surface area contributed by atoms with Gasteiger partial charge in [0.15, 0.2) is 0 Å². The molecule has 3 fully saturated rings. The predicted octanol–water partition coefficient (Wildman–Crippen LogP) is 4.33. The second-order valence-corrected chi connectivity index (χ2v) is 13.7. The van der Waals surface area contributed by atoms with Crippen molar-refractivity contribution < 1.29 is 19.8 Å². The van der Waals surface area contributed by atoms with Gasteiger partial charge in [-0.25, -0.2) is 0 Å². The van der Waals surface area contributed by atoms with Gasteiger partial charge in [0, 0.05) is 25.6 Å². The Morgan fingerprint density at radius 2 is 1.78 bits per heavy atom. The fraction of sp³-hybridized carbons (Fsp3) is 0.788. The number of aliphatic hydroxyl groups is 2. The number of hydroxylamine groups is 2. The van der Waals surface area contributed by atoms with Crippen LogP contribution in [0.4, 0.5) is 0 Å². The van der Waals surface area contributed by atoms with Gasteiger partial charge in [-0.05, 0) is 67.2 Å². The van der Waals surface area contributed by atoms with Crippen LogP contribution in [0.1, 0.15) is 91.2 Å². The number of rotatable bonds is 10. The number of amides is 1. The van der Waals surface area contributed by atoms with Crippen molar-refractivity contribution in [2.75, 3.05) is 39.4 Å². The third-order valence-electron chi connectivity index (χ3n) is 8.06. The smallest absolute Gasteiger partial charge is 0.237 e. The summed E-state index contributed by atoms with van der Waals surface area (Å²) in [7, 11) is 0. The van der Waals surface area contributed by atoms with Crippen LogP contribution in [0.15, 0.2) is 24.3 Å². The first kappa shape index (κ1) is 35.6. The van der Waals surface area contributed by atoms with E-state index in [4.69, 9.17) is 10.6 Å². The summed E-state index contributed by atoms with van der Waals surface area (Å²) in [4.78, 5) is 20.0. The van der Waals surface area contributed by atoms with E-state index in [2.05, 4.69) is 63.9 Å². The zero-order valence-electron chi connectivity index (χ0n) is 26.8. The van der Waals surface area contributed by atoms with E-state index in [0.29, 0.717) is 12.0 Å². The molecule has 1 aromatic rings. The lowest BCUT2D eigenvalue weighted by Crippen LogP contribution is -2.44. The van der Waals surface area contributed by atoms with E-state index in [0.717, 1.165) is 42.6 Å². The Labute approximate surface area is 250 Å². The van der Waals surface area contributed by atoms with E-state index in [9.17, 15) is 15.0 Å². The van der Waals surface area contributed by atoms with Crippen LogP contribution in [0, 0.1) is 23.2 Å².